The number of nitrogens with one attached hydrogen (secondary N) is 2. The minimum absolute atomic E-state index is 0.162. The van der Waals surface area contributed by atoms with Crippen molar-refractivity contribution in [3.05, 3.63) is 44.6 Å². The van der Waals surface area contributed by atoms with E-state index in [0.717, 1.165) is 11.0 Å². The zero-order valence-corrected chi connectivity index (χ0v) is 14.9. The number of H-pyrrole nitrogens is 1. The number of nitrogens with zero attached hydrogens (tertiary/aromatic N) is 1. The molecule has 27 heavy (non-hydrogen) atoms. The number of aromatic nitrogens is 2. The molecule has 2 aromatic rings. The molecule has 0 bridgehead atoms. The minimum atomic E-state index is -1.13. The van der Waals surface area contributed by atoms with Gasteiger partial charge < -0.3 is 20.1 Å². The molecular weight excluding hydrogens is 354 g/mol. The van der Waals surface area contributed by atoms with Gasteiger partial charge in [-0.3, -0.25) is 14.2 Å². The number of aliphatic carboxylic acids is 1. The van der Waals surface area contributed by atoms with E-state index in [9.17, 15) is 24.3 Å². The van der Waals surface area contributed by atoms with Crippen LogP contribution < -0.4 is 16.6 Å². The van der Waals surface area contributed by atoms with E-state index < -0.39 is 29.2 Å². The molecule has 0 spiro atoms. The molecule has 0 saturated carbocycles. The molecule has 1 aliphatic heterocycles. The van der Waals surface area contributed by atoms with Crippen LogP contribution in [-0.2, 0) is 16.1 Å². The number of rotatable bonds is 5. The van der Waals surface area contributed by atoms with E-state index in [2.05, 4.69) is 10.3 Å². The van der Waals surface area contributed by atoms with Crippen LogP contribution in [0, 0.1) is 5.92 Å². The molecule has 9 nitrogen and oxygen atoms in total. The Morgan fingerprint density at radius 3 is 2.81 bits per heavy atom. The summed E-state index contributed by atoms with van der Waals surface area (Å²) in [5, 5.41) is 12.3. The lowest BCUT2D eigenvalue weighted by atomic mass is 9.93. The molecule has 3 rings (SSSR count). The monoisotopic (exact) mass is 375 g/mol. The van der Waals surface area contributed by atoms with E-state index in [1.54, 1.807) is 6.92 Å². The molecule has 1 aliphatic rings. The lowest BCUT2D eigenvalue weighted by Gasteiger charge is -2.28. The summed E-state index contributed by atoms with van der Waals surface area (Å²) in [4.78, 5) is 50.9. The lowest BCUT2D eigenvalue weighted by Crippen LogP contribution is -2.48. The highest BCUT2D eigenvalue weighted by molar-refractivity contribution is 5.99. The van der Waals surface area contributed by atoms with E-state index in [0.29, 0.717) is 13.0 Å². The van der Waals surface area contributed by atoms with Crippen LogP contribution in [0.3, 0.4) is 0 Å². The van der Waals surface area contributed by atoms with Gasteiger partial charge in [0, 0.05) is 24.6 Å². The van der Waals surface area contributed by atoms with Crippen molar-refractivity contribution in [1.82, 2.24) is 14.9 Å². The van der Waals surface area contributed by atoms with Gasteiger partial charge in [0.25, 0.3) is 11.5 Å². The highest BCUT2D eigenvalue weighted by Gasteiger charge is 2.31. The average Bonchev–Trinajstić information content (AvgIpc) is 2.66. The quantitative estimate of drug-likeness (QED) is 0.690. The van der Waals surface area contributed by atoms with Gasteiger partial charge in [-0.1, -0.05) is 0 Å². The van der Waals surface area contributed by atoms with E-state index >= 15 is 0 Å². The first kappa shape index (κ1) is 18.8. The summed E-state index contributed by atoms with van der Waals surface area (Å²) in [7, 11) is 0. The van der Waals surface area contributed by atoms with Crippen LogP contribution in [0.5, 0.6) is 0 Å². The van der Waals surface area contributed by atoms with Gasteiger partial charge in [0.1, 0.15) is 6.04 Å². The maximum absolute atomic E-state index is 12.5. The van der Waals surface area contributed by atoms with Crippen LogP contribution in [0.15, 0.2) is 27.8 Å². The van der Waals surface area contributed by atoms with Crippen molar-refractivity contribution in [3.63, 3.8) is 0 Å². The van der Waals surface area contributed by atoms with Gasteiger partial charge in [0.2, 0.25) is 0 Å². The van der Waals surface area contributed by atoms with E-state index in [1.165, 1.54) is 18.2 Å². The second-order valence-corrected chi connectivity index (χ2v) is 6.51. The molecule has 1 saturated heterocycles. The number of carbonyl (C=O) groups is 2. The molecule has 2 unspecified atom stereocenters. The summed E-state index contributed by atoms with van der Waals surface area (Å²) in [5.74, 6) is -2.02. The molecule has 0 radical (unpaired) electrons. The Kier molecular flexibility index (Phi) is 5.41. The van der Waals surface area contributed by atoms with Gasteiger partial charge in [0.05, 0.1) is 17.5 Å². The first-order chi connectivity index (χ1) is 12.9. The third-order valence-electron chi connectivity index (χ3n) is 4.78. The van der Waals surface area contributed by atoms with Gasteiger partial charge in [-0.05, 0) is 38.0 Å². The predicted octanol–water partition coefficient (Wildman–Crippen LogP) is 0.319. The van der Waals surface area contributed by atoms with Crippen molar-refractivity contribution in [2.75, 3.05) is 13.2 Å². The predicted molar refractivity (Wildman–Crippen MR) is 96.9 cm³/mol. The van der Waals surface area contributed by atoms with Crippen molar-refractivity contribution >= 4 is 22.8 Å². The molecule has 144 valence electrons. The molecule has 3 N–H and O–H groups in total. The summed E-state index contributed by atoms with van der Waals surface area (Å²) in [6.07, 6.45) is 1.39. The molecule has 0 aliphatic carbocycles. The number of carboxylic acid groups (broad SMARTS) is 1. The van der Waals surface area contributed by atoms with Crippen molar-refractivity contribution in [1.29, 1.82) is 0 Å². The Morgan fingerprint density at radius 2 is 2.19 bits per heavy atom. The van der Waals surface area contributed by atoms with Gasteiger partial charge in [-0.2, -0.15) is 0 Å². The zero-order chi connectivity index (χ0) is 19.6. The Hall–Kier alpha value is -2.94. The maximum Gasteiger partial charge on any atom is 0.328 e. The third kappa shape index (κ3) is 3.77. The summed E-state index contributed by atoms with van der Waals surface area (Å²) < 4.78 is 6.38. The van der Waals surface area contributed by atoms with Crippen LogP contribution in [0.2, 0.25) is 0 Å². The van der Waals surface area contributed by atoms with Crippen molar-refractivity contribution < 1.29 is 19.4 Å². The number of amides is 1. The highest BCUT2D eigenvalue weighted by atomic mass is 16.5. The largest absolute Gasteiger partial charge is 0.480 e. The number of benzene rings is 1. The zero-order valence-electron chi connectivity index (χ0n) is 14.9. The molecule has 1 aromatic heterocycles. The van der Waals surface area contributed by atoms with Crippen LogP contribution in [0.1, 0.15) is 30.1 Å². The van der Waals surface area contributed by atoms with Crippen molar-refractivity contribution in [2.24, 2.45) is 5.92 Å². The third-order valence-corrected chi connectivity index (χ3v) is 4.78. The van der Waals surface area contributed by atoms with Crippen LogP contribution >= 0.6 is 0 Å². The van der Waals surface area contributed by atoms with Crippen molar-refractivity contribution in [3.8, 4) is 0 Å². The Labute approximate surface area is 154 Å². The molecule has 1 amide bonds. The number of ether oxygens (including phenoxy) is 1. The normalized spacial score (nSPS) is 18.2. The van der Waals surface area contributed by atoms with Crippen LogP contribution in [0.4, 0.5) is 0 Å². The summed E-state index contributed by atoms with van der Waals surface area (Å²) in [5.41, 5.74) is -0.605. The topological polar surface area (TPSA) is 130 Å². The van der Waals surface area contributed by atoms with E-state index in [4.69, 9.17) is 4.74 Å². The summed E-state index contributed by atoms with van der Waals surface area (Å²) >= 11 is 0. The van der Waals surface area contributed by atoms with E-state index in [-0.39, 0.29) is 35.5 Å². The average molecular weight is 375 g/mol. The minimum Gasteiger partial charge on any atom is -0.480 e. The molecule has 1 fully saturated rings. The van der Waals surface area contributed by atoms with Gasteiger partial charge >= 0.3 is 11.7 Å². The number of hydrogen-bond donors (Lipinski definition) is 3. The molecule has 9 heteroatoms. The second kappa shape index (κ2) is 7.75. The molecular formula is C18H21N3O6. The first-order valence-electron chi connectivity index (χ1n) is 8.80. The van der Waals surface area contributed by atoms with Crippen molar-refractivity contribution in [2.45, 2.75) is 32.4 Å². The van der Waals surface area contributed by atoms with Gasteiger partial charge in [-0.15, -0.1) is 0 Å². The number of hydrogen-bond acceptors (Lipinski definition) is 5. The number of aromatic amines is 1. The van der Waals surface area contributed by atoms with Gasteiger partial charge in [-0.25, -0.2) is 9.59 Å². The maximum atomic E-state index is 12.5. The van der Waals surface area contributed by atoms with Crippen LogP contribution in [-0.4, -0.2) is 45.8 Å². The molecule has 1 aromatic carbocycles. The standard InChI is InChI=1S/C18H21N3O6/c1-2-21-16(23)12-6-5-10(8-13(12)19-18(21)26)15(22)20-14(17(24)25)11-4-3-7-27-9-11/h5-6,8,11,14H,2-4,7,9H2,1H3,(H,19,26)(H,20,22)(H,24,25). The van der Waals surface area contributed by atoms with Crippen LogP contribution in [0.25, 0.3) is 10.9 Å². The molecule has 2 heterocycles. The SMILES string of the molecule is CCn1c(=O)[nH]c2cc(C(=O)NC(C(=O)O)C3CCCOC3)ccc2c1=O. The fourth-order valence-corrected chi connectivity index (χ4v) is 3.32. The summed E-state index contributed by atoms with van der Waals surface area (Å²) in [6.45, 7) is 2.78. The Balaban J connectivity index is 1.89. The summed E-state index contributed by atoms with van der Waals surface area (Å²) in [6, 6.07) is 3.20. The second-order valence-electron chi connectivity index (χ2n) is 6.51. The number of carbonyl (C=O) groups excluding carboxylic acids is 1. The Bertz CT molecular complexity index is 987. The van der Waals surface area contributed by atoms with E-state index in [1.807, 2.05) is 0 Å². The smallest absolute Gasteiger partial charge is 0.328 e. The molecule has 2 atom stereocenters. The highest BCUT2D eigenvalue weighted by Crippen LogP contribution is 2.18. The first-order valence-corrected chi connectivity index (χ1v) is 8.80. The fraction of sp³-hybridized carbons (Fsp3) is 0.444. The number of carboxylic acids is 1. The van der Waals surface area contributed by atoms with Gasteiger partial charge in [0.15, 0.2) is 0 Å². The number of fused-ring (bicyclic) bond motifs is 1. The Morgan fingerprint density at radius 1 is 1.41 bits per heavy atom. The fourth-order valence-electron chi connectivity index (χ4n) is 3.32. The lowest BCUT2D eigenvalue weighted by molar-refractivity contribution is -0.142.